The minimum absolute atomic E-state index is 0.0458. The van der Waals surface area contributed by atoms with Crippen molar-refractivity contribution < 1.29 is 29.0 Å². The molecule has 0 aromatic heterocycles. The summed E-state index contributed by atoms with van der Waals surface area (Å²) in [6.07, 6.45) is 0.707. The van der Waals surface area contributed by atoms with Gasteiger partial charge in [0.15, 0.2) is 0 Å². The molecule has 2 heterocycles. The molecule has 2 aromatic rings. The average Bonchev–Trinajstić information content (AvgIpc) is 3.48. The monoisotopic (exact) mass is 485 g/mol. The molecule has 3 N–H and O–H groups in total. The highest BCUT2D eigenvalue weighted by Crippen LogP contribution is 2.36. The molecule has 0 radical (unpaired) electrons. The Morgan fingerprint density at radius 1 is 1.11 bits per heavy atom. The first-order valence-corrected chi connectivity index (χ1v) is 12.1. The molecule has 4 rings (SSSR count). The molecular weight excluding hydrogens is 453 g/mol. The van der Waals surface area contributed by atoms with Gasteiger partial charge >= 0.3 is 0 Å². The molecule has 2 bridgehead atoms. The van der Waals surface area contributed by atoms with Gasteiger partial charge in [0.05, 0.1) is 18.6 Å². The fourth-order valence-electron chi connectivity index (χ4n) is 5.21. The number of aliphatic hydroxyl groups excluding tert-OH is 1. The first-order chi connectivity index (χ1) is 16.9. The Labute approximate surface area is 204 Å². The molecule has 2 aromatic carbocycles. The van der Waals surface area contributed by atoms with Crippen LogP contribution in [-0.4, -0.2) is 64.9 Å². The highest BCUT2D eigenvalue weighted by molar-refractivity contribution is 5.89. The first-order valence-electron chi connectivity index (χ1n) is 12.1. The average molecular weight is 486 g/mol. The molecule has 2 aliphatic heterocycles. The van der Waals surface area contributed by atoms with Crippen molar-refractivity contribution in [1.29, 1.82) is 0 Å². The molecule has 2 amide bonds. The Bertz CT molecular complexity index is 1020. The van der Waals surface area contributed by atoms with Crippen LogP contribution >= 0.6 is 0 Å². The molecule has 35 heavy (non-hydrogen) atoms. The minimum atomic E-state index is -1.64. The molecule has 0 saturated carbocycles. The van der Waals surface area contributed by atoms with Gasteiger partial charge in [-0.1, -0.05) is 12.1 Å². The van der Waals surface area contributed by atoms with Crippen molar-refractivity contribution in [2.45, 2.75) is 50.8 Å². The lowest BCUT2D eigenvalue weighted by Gasteiger charge is -2.37. The SMILES string of the molecule is CCOc1ccc(CCC[C@@H](C(=O)N2C[C@@H]3C[C@H]2CN3c2ccc(F)cc2)[C@H](O)C(=O)NO)cc1. The maximum absolute atomic E-state index is 13.5. The van der Waals surface area contributed by atoms with Crippen molar-refractivity contribution in [3.63, 3.8) is 0 Å². The Balaban J connectivity index is 1.39. The third-order valence-electron chi connectivity index (χ3n) is 6.97. The van der Waals surface area contributed by atoms with E-state index in [-0.39, 0.29) is 23.8 Å². The number of ether oxygens (including phenoxy) is 1. The third kappa shape index (κ3) is 5.57. The van der Waals surface area contributed by atoms with Crippen LogP contribution in [0.5, 0.6) is 5.75 Å². The summed E-state index contributed by atoms with van der Waals surface area (Å²) in [7, 11) is 0. The molecular formula is C26H32FN3O5. The van der Waals surface area contributed by atoms with E-state index in [1.165, 1.54) is 17.6 Å². The molecule has 0 unspecified atom stereocenters. The highest BCUT2D eigenvalue weighted by atomic mass is 19.1. The number of piperazine rings is 1. The number of carbonyl (C=O) groups excluding carboxylic acids is 2. The van der Waals surface area contributed by atoms with Gasteiger partial charge in [-0.3, -0.25) is 14.8 Å². The van der Waals surface area contributed by atoms with Crippen LogP contribution in [0.25, 0.3) is 0 Å². The Morgan fingerprint density at radius 3 is 2.43 bits per heavy atom. The van der Waals surface area contributed by atoms with Gasteiger partial charge < -0.3 is 19.6 Å². The number of fused-ring (bicyclic) bond motifs is 2. The van der Waals surface area contributed by atoms with Gasteiger partial charge in [-0.05, 0) is 74.6 Å². The molecule has 8 nitrogen and oxygen atoms in total. The number of nitrogens with one attached hydrogen (secondary N) is 1. The number of aryl methyl sites for hydroxylation is 1. The normalized spacial score (nSPS) is 20.6. The fourth-order valence-corrected chi connectivity index (χ4v) is 5.21. The summed E-state index contributed by atoms with van der Waals surface area (Å²) < 4.78 is 18.8. The van der Waals surface area contributed by atoms with Crippen LogP contribution in [0.3, 0.4) is 0 Å². The second-order valence-corrected chi connectivity index (χ2v) is 9.16. The van der Waals surface area contributed by atoms with Crippen molar-refractivity contribution >= 4 is 17.5 Å². The number of anilines is 1. The predicted octanol–water partition coefficient (Wildman–Crippen LogP) is 2.52. The van der Waals surface area contributed by atoms with E-state index in [2.05, 4.69) is 4.90 Å². The Hall–Kier alpha value is -3.17. The van der Waals surface area contributed by atoms with Crippen molar-refractivity contribution in [3.8, 4) is 5.75 Å². The quantitative estimate of drug-likeness (QED) is 0.353. The van der Waals surface area contributed by atoms with E-state index in [4.69, 9.17) is 9.94 Å². The topological polar surface area (TPSA) is 102 Å². The highest BCUT2D eigenvalue weighted by Gasteiger charge is 2.48. The van der Waals surface area contributed by atoms with E-state index in [0.717, 1.165) is 23.4 Å². The summed E-state index contributed by atoms with van der Waals surface area (Å²) in [6, 6.07) is 14.1. The van der Waals surface area contributed by atoms with Gasteiger partial charge in [0, 0.05) is 24.8 Å². The van der Waals surface area contributed by atoms with Crippen LogP contribution in [0.4, 0.5) is 10.1 Å². The number of hydrogen-bond donors (Lipinski definition) is 3. The zero-order valence-electron chi connectivity index (χ0n) is 19.8. The molecule has 188 valence electrons. The number of benzene rings is 2. The molecule has 2 fully saturated rings. The van der Waals surface area contributed by atoms with Crippen LogP contribution in [0.2, 0.25) is 0 Å². The third-order valence-corrected chi connectivity index (χ3v) is 6.97. The van der Waals surface area contributed by atoms with Crippen LogP contribution in [-0.2, 0) is 16.0 Å². The van der Waals surface area contributed by atoms with Crippen molar-refractivity contribution in [1.82, 2.24) is 10.4 Å². The van der Waals surface area contributed by atoms with Gasteiger partial charge in [0.2, 0.25) is 5.91 Å². The number of amides is 2. The van der Waals surface area contributed by atoms with E-state index < -0.39 is 17.9 Å². The summed E-state index contributed by atoms with van der Waals surface area (Å²) in [4.78, 5) is 29.4. The van der Waals surface area contributed by atoms with E-state index in [1.54, 1.807) is 17.0 Å². The van der Waals surface area contributed by atoms with Crippen LogP contribution in [0, 0.1) is 11.7 Å². The smallest absolute Gasteiger partial charge is 0.272 e. The van der Waals surface area contributed by atoms with Crippen molar-refractivity contribution in [3.05, 3.63) is 59.9 Å². The number of hydroxylamine groups is 1. The summed E-state index contributed by atoms with van der Waals surface area (Å²) in [6.45, 7) is 3.60. The van der Waals surface area contributed by atoms with Crippen LogP contribution in [0.1, 0.15) is 31.7 Å². The number of carbonyl (C=O) groups is 2. The van der Waals surface area contributed by atoms with Crippen LogP contribution in [0.15, 0.2) is 48.5 Å². The Kier molecular flexibility index (Phi) is 7.87. The van der Waals surface area contributed by atoms with Crippen molar-refractivity contribution in [2.24, 2.45) is 5.92 Å². The van der Waals surface area contributed by atoms with E-state index in [9.17, 15) is 19.1 Å². The van der Waals surface area contributed by atoms with Crippen LogP contribution < -0.4 is 15.1 Å². The molecule has 9 heteroatoms. The minimum Gasteiger partial charge on any atom is -0.494 e. The lowest BCUT2D eigenvalue weighted by atomic mass is 9.92. The Morgan fingerprint density at radius 2 is 1.83 bits per heavy atom. The number of aliphatic hydroxyl groups is 1. The number of nitrogens with zero attached hydrogens (tertiary/aromatic N) is 2. The zero-order chi connectivity index (χ0) is 24.9. The van der Waals surface area contributed by atoms with E-state index in [1.807, 2.05) is 31.2 Å². The first kappa shape index (κ1) is 24.9. The second kappa shape index (κ2) is 11.0. The van der Waals surface area contributed by atoms with Gasteiger partial charge in [-0.15, -0.1) is 0 Å². The summed E-state index contributed by atoms with van der Waals surface area (Å²) in [5, 5.41) is 19.6. The summed E-state index contributed by atoms with van der Waals surface area (Å²) in [5.41, 5.74) is 3.45. The number of likely N-dealkylation sites (tertiary alicyclic amines) is 1. The maximum atomic E-state index is 13.5. The molecule has 4 atom stereocenters. The van der Waals surface area contributed by atoms with Crippen molar-refractivity contribution in [2.75, 3.05) is 24.6 Å². The summed E-state index contributed by atoms with van der Waals surface area (Å²) in [5.74, 6) is -1.72. The maximum Gasteiger partial charge on any atom is 0.272 e. The molecule has 0 aliphatic carbocycles. The fraction of sp³-hybridized carbons (Fsp3) is 0.462. The molecule has 0 spiro atoms. The lowest BCUT2D eigenvalue weighted by Crippen LogP contribution is -2.53. The zero-order valence-corrected chi connectivity index (χ0v) is 19.8. The van der Waals surface area contributed by atoms with Gasteiger partial charge in [-0.25, -0.2) is 9.87 Å². The number of hydrogen-bond acceptors (Lipinski definition) is 6. The lowest BCUT2D eigenvalue weighted by molar-refractivity contribution is -0.151. The number of rotatable bonds is 10. The number of halogens is 1. The standard InChI is InChI=1S/C26H32FN3O5/c1-2-35-22-12-6-17(7-13-22)4-3-5-23(24(31)25(32)28-34)26(33)30-16-20-14-21(30)15-29(20)19-10-8-18(27)9-11-19/h6-13,20-21,23-24,31,34H,2-5,14-16H2,1H3,(H,28,32)/t20-,21-,23+,24-/m0/s1. The summed E-state index contributed by atoms with van der Waals surface area (Å²) >= 11 is 0. The predicted molar refractivity (Wildman–Crippen MR) is 128 cm³/mol. The van der Waals surface area contributed by atoms with Gasteiger partial charge in [0.25, 0.3) is 5.91 Å². The second-order valence-electron chi connectivity index (χ2n) is 9.16. The molecule has 2 saturated heterocycles. The largest absolute Gasteiger partial charge is 0.494 e. The van der Waals surface area contributed by atoms with E-state index in [0.29, 0.717) is 39.0 Å². The van der Waals surface area contributed by atoms with E-state index >= 15 is 0 Å². The molecule has 2 aliphatic rings. The van der Waals surface area contributed by atoms with Gasteiger partial charge in [-0.2, -0.15) is 0 Å². The van der Waals surface area contributed by atoms with Gasteiger partial charge in [0.1, 0.15) is 17.7 Å².